The molecule has 0 bridgehead atoms. The van der Waals surface area contributed by atoms with Gasteiger partial charge in [-0.05, 0) is 30.3 Å². The van der Waals surface area contributed by atoms with E-state index in [9.17, 15) is 13.2 Å². The van der Waals surface area contributed by atoms with E-state index in [1.807, 2.05) is 0 Å². The summed E-state index contributed by atoms with van der Waals surface area (Å²) in [5.74, 6) is 0.907. The van der Waals surface area contributed by atoms with Gasteiger partial charge >= 0.3 is 6.18 Å². The Hall–Kier alpha value is -2.48. The Morgan fingerprint density at radius 1 is 1.22 bits per heavy atom. The molecule has 3 aromatic rings. The summed E-state index contributed by atoms with van der Waals surface area (Å²) in [6.45, 7) is 0.0621. The monoisotopic (exact) mass is 343 g/mol. The number of halogens is 4. The van der Waals surface area contributed by atoms with E-state index >= 15 is 0 Å². The third kappa shape index (κ3) is 3.48. The zero-order valence-corrected chi connectivity index (χ0v) is 12.1. The quantitative estimate of drug-likeness (QED) is 0.749. The van der Waals surface area contributed by atoms with Crippen molar-refractivity contribution in [3.63, 3.8) is 0 Å². The van der Waals surface area contributed by atoms with E-state index in [-0.39, 0.29) is 29.0 Å². The molecule has 0 unspecified atom stereocenters. The number of anilines is 1. The molecule has 23 heavy (non-hydrogen) atoms. The SMILES string of the molecule is FC(F)(F)c1cc(NCc2nc(-c3ccco3)no2)ccc1Cl. The maximum atomic E-state index is 12.8. The summed E-state index contributed by atoms with van der Waals surface area (Å²) in [7, 11) is 0. The number of hydrogen-bond donors (Lipinski definition) is 1. The van der Waals surface area contributed by atoms with Crippen LogP contribution < -0.4 is 5.32 Å². The second-order valence-electron chi connectivity index (χ2n) is 4.53. The van der Waals surface area contributed by atoms with Crippen molar-refractivity contribution in [2.24, 2.45) is 0 Å². The molecule has 3 rings (SSSR count). The molecule has 0 aliphatic carbocycles. The summed E-state index contributed by atoms with van der Waals surface area (Å²) in [6.07, 6.45) is -3.05. The molecule has 0 fully saturated rings. The van der Waals surface area contributed by atoms with E-state index < -0.39 is 11.7 Å². The number of nitrogens with one attached hydrogen (secondary N) is 1. The summed E-state index contributed by atoms with van der Waals surface area (Å²) >= 11 is 5.56. The molecule has 1 N–H and O–H groups in total. The lowest BCUT2D eigenvalue weighted by Gasteiger charge is -2.11. The van der Waals surface area contributed by atoms with Gasteiger partial charge in [0.15, 0.2) is 5.76 Å². The van der Waals surface area contributed by atoms with Crippen LogP contribution in [0.4, 0.5) is 18.9 Å². The standard InChI is InChI=1S/C14H9ClF3N3O2/c15-10-4-3-8(6-9(10)14(16,17)18)19-7-12-20-13(21-23-12)11-2-1-5-22-11/h1-6,19H,7H2. The van der Waals surface area contributed by atoms with E-state index in [0.29, 0.717) is 5.76 Å². The average molecular weight is 344 g/mol. The first-order valence-corrected chi connectivity index (χ1v) is 6.78. The molecule has 2 aromatic heterocycles. The van der Waals surface area contributed by atoms with E-state index in [4.69, 9.17) is 20.5 Å². The van der Waals surface area contributed by atoms with E-state index in [2.05, 4.69) is 15.5 Å². The van der Waals surface area contributed by atoms with Gasteiger partial charge in [-0.2, -0.15) is 18.2 Å². The van der Waals surface area contributed by atoms with Crippen LogP contribution in [0.3, 0.4) is 0 Å². The number of furan rings is 1. The van der Waals surface area contributed by atoms with Crippen molar-refractivity contribution >= 4 is 17.3 Å². The molecule has 2 heterocycles. The first-order chi connectivity index (χ1) is 10.9. The number of rotatable bonds is 4. The summed E-state index contributed by atoms with van der Waals surface area (Å²) in [4.78, 5) is 4.07. The first kappa shape index (κ1) is 15.4. The minimum Gasteiger partial charge on any atom is -0.461 e. The van der Waals surface area contributed by atoms with Crippen molar-refractivity contribution in [1.29, 1.82) is 0 Å². The predicted octanol–water partition coefficient (Wildman–Crippen LogP) is 4.61. The van der Waals surface area contributed by atoms with Crippen LogP contribution in [0, 0.1) is 0 Å². The molecule has 0 saturated heterocycles. The number of nitrogens with zero attached hydrogens (tertiary/aromatic N) is 2. The zero-order valence-electron chi connectivity index (χ0n) is 11.4. The first-order valence-electron chi connectivity index (χ1n) is 6.40. The molecule has 0 saturated carbocycles. The fourth-order valence-electron chi connectivity index (χ4n) is 1.86. The molecule has 9 heteroatoms. The van der Waals surface area contributed by atoms with Gasteiger partial charge in [-0.3, -0.25) is 0 Å². The molecule has 0 aliphatic heterocycles. The normalized spacial score (nSPS) is 11.7. The van der Waals surface area contributed by atoms with Gasteiger partial charge in [0.1, 0.15) is 0 Å². The Balaban J connectivity index is 1.72. The smallest absolute Gasteiger partial charge is 0.417 e. The summed E-state index contributed by atoms with van der Waals surface area (Å²) in [5, 5.41) is 6.13. The molecule has 0 aliphatic rings. The highest BCUT2D eigenvalue weighted by atomic mass is 35.5. The molecule has 0 spiro atoms. The predicted molar refractivity (Wildman–Crippen MR) is 75.8 cm³/mol. The fraction of sp³-hybridized carbons (Fsp3) is 0.143. The van der Waals surface area contributed by atoms with Gasteiger partial charge < -0.3 is 14.3 Å². The molecule has 120 valence electrons. The van der Waals surface area contributed by atoms with Crippen LogP contribution in [-0.2, 0) is 12.7 Å². The summed E-state index contributed by atoms with van der Waals surface area (Å²) in [6, 6.07) is 6.87. The van der Waals surface area contributed by atoms with Crippen molar-refractivity contribution in [2.75, 3.05) is 5.32 Å². The molecule has 0 radical (unpaired) electrons. The van der Waals surface area contributed by atoms with Crippen LogP contribution in [0.5, 0.6) is 0 Å². The van der Waals surface area contributed by atoms with Gasteiger partial charge in [-0.25, -0.2) is 0 Å². The van der Waals surface area contributed by atoms with Crippen LogP contribution >= 0.6 is 11.6 Å². The molecule has 1 aromatic carbocycles. The highest BCUT2D eigenvalue weighted by molar-refractivity contribution is 6.31. The number of hydrogen-bond acceptors (Lipinski definition) is 5. The van der Waals surface area contributed by atoms with Crippen molar-refractivity contribution < 1.29 is 22.1 Å². The highest BCUT2D eigenvalue weighted by Gasteiger charge is 2.33. The lowest BCUT2D eigenvalue weighted by atomic mass is 10.2. The Labute approximate surface area is 133 Å². The average Bonchev–Trinajstić information content (AvgIpc) is 3.16. The van der Waals surface area contributed by atoms with Gasteiger partial charge in [0.25, 0.3) is 0 Å². The fourth-order valence-corrected chi connectivity index (χ4v) is 2.09. The molecule has 0 amide bonds. The Bertz CT molecular complexity index is 800. The van der Waals surface area contributed by atoms with E-state index in [1.165, 1.54) is 18.4 Å². The van der Waals surface area contributed by atoms with Crippen LogP contribution in [0.15, 0.2) is 45.5 Å². The van der Waals surface area contributed by atoms with Crippen LogP contribution in [0.25, 0.3) is 11.6 Å². The maximum absolute atomic E-state index is 12.8. The van der Waals surface area contributed by atoms with Gasteiger partial charge in [-0.1, -0.05) is 16.8 Å². The number of benzene rings is 1. The molecular formula is C14H9ClF3N3O2. The van der Waals surface area contributed by atoms with E-state index in [1.54, 1.807) is 12.1 Å². The second-order valence-corrected chi connectivity index (χ2v) is 4.94. The third-order valence-electron chi connectivity index (χ3n) is 2.93. The van der Waals surface area contributed by atoms with Crippen molar-refractivity contribution in [2.45, 2.75) is 12.7 Å². The van der Waals surface area contributed by atoms with Gasteiger partial charge in [0.2, 0.25) is 11.7 Å². The van der Waals surface area contributed by atoms with Crippen LogP contribution in [0.1, 0.15) is 11.5 Å². The van der Waals surface area contributed by atoms with Gasteiger partial charge in [0.05, 0.1) is 23.4 Å². The lowest BCUT2D eigenvalue weighted by molar-refractivity contribution is -0.137. The van der Waals surface area contributed by atoms with Gasteiger partial charge in [-0.15, -0.1) is 0 Å². The number of alkyl halides is 3. The van der Waals surface area contributed by atoms with Gasteiger partial charge in [0, 0.05) is 5.69 Å². The largest absolute Gasteiger partial charge is 0.461 e. The Kier molecular flexibility index (Phi) is 3.99. The third-order valence-corrected chi connectivity index (χ3v) is 3.25. The van der Waals surface area contributed by atoms with Crippen molar-refractivity contribution in [1.82, 2.24) is 10.1 Å². The molecular weight excluding hydrogens is 335 g/mol. The Morgan fingerprint density at radius 3 is 2.74 bits per heavy atom. The summed E-state index contributed by atoms with van der Waals surface area (Å²) in [5.41, 5.74) is -0.676. The maximum Gasteiger partial charge on any atom is 0.417 e. The van der Waals surface area contributed by atoms with Crippen LogP contribution in [0.2, 0.25) is 5.02 Å². The molecule has 0 atom stereocenters. The number of aromatic nitrogens is 2. The zero-order chi connectivity index (χ0) is 16.4. The van der Waals surface area contributed by atoms with E-state index in [0.717, 1.165) is 6.07 Å². The van der Waals surface area contributed by atoms with Crippen molar-refractivity contribution in [3.05, 3.63) is 53.1 Å². The van der Waals surface area contributed by atoms with Crippen molar-refractivity contribution in [3.8, 4) is 11.6 Å². The summed E-state index contributed by atoms with van der Waals surface area (Å²) < 4.78 is 48.5. The second kappa shape index (κ2) is 5.96. The van der Waals surface area contributed by atoms with Crippen LogP contribution in [-0.4, -0.2) is 10.1 Å². The molecule has 5 nitrogen and oxygen atoms in total. The highest BCUT2D eigenvalue weighted by Crippen LogP contribution is 2.36. The minimum atomic E-state index is -4.52. The minimum absolute atomic E-state index is 0.0621. The lowest BCUT2D eigenvalue weighted by Crippen LogP contribution is -2.07. The topological polar surface area (TPSA) is 64.1 Å². The Morgan fingerprint density at radius 2 is 2.04 bits per heavy atom.